The number of nitrogens with zero attached hydrogens (tertiary/aromatic N) is 4. The zero-order valence-corrected chi connectivity index (χ0v) is 12.1. The minimum Gasteiger partial charge on any atom is -0.376 e. The monoisotopic (exact) mass is 322 g/mol. The molecular weight excluding hydrogens is 308 g/mol. The second kappa shape index (κ2) is 5.79. The lowest BCUT2D eigenvalue weighted by Crippen LogP contribution is -2.18. The average molecular weight is 323 g/mol. The van der Waals surface area contributed by atoms with E-state index in [0.717, 1.165) is 42.7 Å². The van der Waals surface area contributed by atoms with E-state index in [9.17, 15) is 0 Å². The molecule has 1 saturated heterocycles. The minimum atomic E-state index is 0.257. The minimum absolute atomic E-state index is 0.257. The third-order valence-electron chi connectivity index (χ3n) is 3.28. The van der Waals surface area contributed by atoms with Crippen LogP contribution in [0.5, 0.6) is 0 Å². The molecule has 3 rings (SSSR count). The van der Waals surface area contributed by atoms with Gasteiger partial charge in [-0.25, -0.2) is 4.68 Å². The molecular formula is C13H15BrN4O. The number of rotatable bonds is 4. The quantitative estimate of drug-likeness (QED) is 0.866. The Labute approximate surface area is 120 Å². The summed E-state index contributed by atoms with van der Waals surface area (Å²) >= 11 is 3.43. The fourth-order valence-electron chi connectivity index (χ4n) is 2.26. The molecule has 0 spiro atoms. The molecule has 0 amide bonds. The van der Waals surface area contributed by atoms with Crippen LogP contribution in [0.1, 0.15) is 24.2 Å². The Morgan fingerprint density at radius 2 is 2.16 bits per heavy atom. The van der Waals surface area contributed by atoms with Crippen molar-refractivity contribution in [3.8, 4) is 0 Å². The first kappa shape index (κ1) is 12.7. The summed E-state index contributed by atoms with van der Waals surface area (Å²) in [5.74, 6) is 0.887. The molecule has 0 bridgehead atoms. The Morgan fingerprint density at radius 3 is 2.89 bits per heavy atom. The van der Waals surface area contributed by atoms with Crippen molar-refractivity contribution in [1.29, 1.82) is 0 Å². The van der Waals surface area contributed by atoms with Crippen LogP contribution in [-0.2, 0) is 17.7 Å². The van der Waals surface area contributed by atoms with Crippen molar-refractivity contribution >= 4 is 15.9 Å². The summed E-state index contributed by atoms with van der Waals surface area (Å²) in [5.41, 5.74) is 1.20. The first-order valence-corrected chi connectivity index (χ1v) is 7.21. The van der Waals surface area contributed by atoms with E-state index >= 15 is 0 Å². The van der Waals surface area contributed by atoms with Gasteiger partial charge in [0.2, 0.25) is 0 Å². The predicted molar refractivity (Wildman–Crippen MR) is 73.7 cm³/mol. The Balaban J connectivity index is 1.70. The summed E-state index contributed by atoms with van der Waals surface area (Å²) in [7, 11) is 0. The van der Waals surface area contributed by atoms with Crippen LogP contribution in [0.4, 0.5) is 0 Å². The van der Waals surface area contributed by atoms with Crippen molar-refractivity contribution in [2.24, 2.45) is 0 Å². The topological polar surface area (TPSA) is 52.8 Å². The van der Waals surface area contributed by atoms with Crippen molar-refractivity contribution in [2.45, 2.75) is 31.9 Å². The van der Waals surface area contributed by atoms with Crippen LogP contribution in [0.25, 0.3) is 0 Å². The van der Waals surface area contributed by atoms with Gasteiger partial charge in [-0.2, -0.15) is 0 Å². The molecule has 0 unspecified atom stereocenters. The molecule has 1 fully saturated rings. The van der Waals surface area contributed by atoms with E-state index in [1.54, 1.807) is 0 Å². The maximum atomic E-state index is 5.62. The molecule has 100 valence electrons. The summed E-state index contributed by atoms with van der Waals surface area (Å²) in [6.07, 6.45) is 3.23. The van der Waals surface area contributed by atoms with Crippen LogP contribution in [0, 0.1) is 0 Å². The van der Waals surface area contributed by atoms with Gasteiger partial charge in [-0.15, -0.1) is 5.10 Å². The molecule has 0 N–H and O–H groups in total. The number of ether oxygens (including phenoxy) is 1. The predicted octanol–water partition coefficient (Wildman–Crippen LogP) is 2.21. The van der Waals surface area contributed by atoms with Gasteiger partial charge < -0.3 is 4.74 Å². The lowest BCUT2D eigenvalue weighted by atomic mass is 10.1. The van der Waals surface area contributed by atoms with Crippen molar-refractivity contribution in [2.75, 3.05) is 6.61 Å². The van der Waals surface area contributed by atoms with Crippen molar-refractivity contribution in [3.63, 3.8) is 0 Å². The molecule has 1 aromatic carbocycles. The summed E-state index contributed by atoms with van der Waals surface area (Å²) in [5, 5.41) is 11.9. The molecule has 1 aliphatic heterocycles. The van der Waals surface area contributed by atoms with Gasteiger partial charge >= 0.3 is 0 Å². The second-order valence-electron chi connectivity index (χ2n) is 4.72. The van der Waals surface area contributed by atoms with Gasteiger partial charge in [0.25, 0.3) is 0 Å². The van der Waals surface area contributed by atoms with Crippen LogP contribution in [0.15, 0.2) is 28.7 Å². The highest BCUT2D eigenvalue weighted by Gasteiger charge is 2.18. The normalized spacial score (nSPS) is 18.9. The van der Waals surface area contributed by atoms with E-state index < -0.39 is 0 Å². The number of tetrazole rings is 1. The molecule has 2 aromatic rings. The summed E-state index contributed by atoms with van der Waals surface area (Å²) in [6, 6.07) is 8.22. The third-order valence-corrected chi connectivity index (χ3v) is 3.81. The van der Waals surface area contributed by atoms with Crippen molar-refractivity contribution in [1.82, 2.24) is 20.2 Å². The first-order valence-electron chi connectivity index (χ1n) is 6.42. The fraction of sp³-hybridized carbons (Fsp3) is 0.462. The summed E-state index contributed by atoms with van der Waals surface area (Å²) in [6.45, 7) is 1.60. The smallest absolute Gasteiger partial charge is 0.155 e. The molecule has 6 heteroatoms. The Bertz CT molecular complexity index is 534. The van der Waals surface area contributed by atoms with Gasteiger partial charge in [-0.1, -0.05) is 28.1 Å². The van der Waals surface area contributed by atoms with E-state index in [1.807, 2.05) is 16.8 Å². The second-order valence-corrected chi connectivity index (χ2v) is 5.63. The molecule has 0 radical (unpaired) electrons. The van der Waals surface area contributed by atoms with Crippen LogP contribution in [0.2, 0.25) is 0 Å². The zero-order chi connectivity index (χ0) is 13.1. The van der Waals surface area contributed by atoms with Crippen LogP contribution in [-0.4, -0.2) is 32.9 Å². The Hall–Kier alpha value is -1.27. The van der Waals surface area contributed by atoms with Gasteiger partial charge in [-0.05, 0) is 41.0 Å². The fourth-order valence-corrected chi connectivity index (χ4v) is 2.52. The maximum Gasteiger partial charge on any atom is 0.155 e. The summed E-state index contributed by atoms with van der Waals surface area (Å²) < 4.78 is 8.56. The first-order chi connectivity index (χ1) is 9.31. The third kappa shape index (κ3) is 3.19. The molecule has 1 aliphatic rings. The number of hydrogen-bond donors (Lipinski definition) is 0. The lowest BCUT2D eigenvalue weighted by molar-refractivity contribution is 0.0927. The SMILES string of the molecule is Brc1ccc(Cc2nnnn2C[C@@H]2CCCO2)cc1. The molecule has 2 heterocycles. The highest BCUT2D eigenvalue weighted by Crippen LogP contribution is 2.16. The number of benzene rings is 1. The van der Waals surface area contributed by atoms with E-state index in [-0.39, 0.29) is 6.10 Å². The van der Waals surface area contributed by atoms with E-state index in [0.29, 0.717) is 0 Å². The number of aromatic nitrogens is 4. The van der Waals surface area contributed by atoms with Crippen LogP contribution < -0.4 is 0 Å². The zero-order valence-electron chi connectivity index (χ0n) is 10.5. The van der Waals surface area contributed by atoms with Gasteiger partial charge in [0.05, 0.1) is 12.6 Å². The maximum absolute atomic E-state index is 5.62. The van der Waals surface area contributed by atoms with E-state index in [1.165, 1.54) is 5.56 Å². The summed E-state index contributed by atoms with van der Waals surface area (Å²) in [4.78, 5) is 0. The molecule has 19 heavy (non-hydrogen) atoms. The van der Waals surface area contributed by atoms with Crippen LogP contribution in [0.3, 0.4) is 0 Å². The molecule has 1 aromatic heterocycles. The van der Waals surface area contributed by atoms with Crippen LogP contribution >= 0.6 is 15.9 Å². The molecule has 0 aliphatic carbocycles. The average Bonchev–Trinajstić information content (AvgIpc) is 3.06. The van der Waals surface area contributed by atoms with Gasteiger partial charge in [0, 0.05) is 17.5 Å². The van der Waals surface area contributed by atoms with E-state index in [2.05, 4.69) is 43.6 Å². The largest absolute Gasteiger partial charge is 0.376 e. The van der Waals surface area contributed by atoms with Gasteiger partial charge in [-0.3, -0.25) is 0 Å². The van der Waals surface area contributed by atoms with Crippen molar-refractivity contribution in [3.05, 3.63) is 40.1 Å². The molecule has 5 nitrogen and oxygen atoms in total. The molecule has 1 atom stereocenters. The van der Waals surface area contributed by atoms with Gasteiger partial charge in [0.1, 0.15) is 0 Å². The Kier molecular flexibility index (Phi) is 3.89. The Morgan fingerprint density at radius 1 is 1.32 bits per heavy atom. The highest BCUT2D eigenvalue weighted by atomic mass is 79.9. The van der Waals surface area contributed by atoms with Gasteiger partial charge in [0.15, 0.2) is 5.82 Å². The standard InChI is InChI=1S/C13H15BrN4O/c14-11-5-3-10(4-6-11)8-13-15-16-17-18(13)9-12-2-1-7-19-12/h3-6,12H,1-2,7-9H2/t12-/m0/s1. The van der Waals surface area contributed by atoms with E-state index in [4.69, 9.17) is 4.74 Å². The number of hydrogen-bond acceptors (Lipinski definition) is 4. The lowest BCUT2D eigenvalue weighted by Gasteiger charge is -2.10. The van der Waals surface area contributed by atoms with Crippen molar-refractivity contribution < 1.29 is 4.74 Å². The molecule has 0 saturated carbocycles. The highest BCUT2D eigenvalue weighted by molar-refractivity contribution is 9.10. The number of halogens is 1.